The Labute approximate surface area is 97.8 Å². The van der Waals surface area contributed by atoms with Crippen molar-refractivity contribution < 1.29 is 14.2 Å². The SMILES string of the molecule is C=C(CC)COC1CCC2(CC1)OCCO2. The lowest BCUT2D eigenvalue weighted by molar-refractivity contribution is -0.191. The molecule has 1 aliphatic heterocycles. The maximum atomic E-state index is 5.83. The number of hydrogen-bond donors (Lipinski definition) is 0. The quantitative estimate of drug-likeness (QED) is 0.690. The van der Waals surface area contributed by atoms with Gasteiger partial charge in [0.15, 0.2) is 5.79 Å². The molecule has 2 aliphatic rings. The van der Waals surface area contributed by atoms with Gasteiger partial charge in [0, 0.05) is 12.8 Å². The largest absolute Gasteiger partial charge is 0.374 e. The summed E-state index contributed by atoms with van der Waals surface area (Å²) in [7, 11) is 0. The van der Waals surface area contributed by atoms with Crippen molar-refractivity contribution in [1.29, 1.82) is 0 Å². The number of rotatable bonds is 4. The average molecular weight is 226 g/mol. The molecular formula is C13H22O3. The summed E-state index contributed by atoms with van der Waals surface area (Å²) in [6, 6.07) is 0. The van der Waals surface area contributed by atoms with Crippen LogP contribution in [0.2, 0.25) is 0 Å². The van der Waals surface area contributed by atoms with Crippen LogP contribution in [-0.4, -0.2) is 31.7 Å². The predicted molar refractivity (Wildman–Crippen MR) is 62.3 cm³/mol. The van der Waals surface area contributed by atoms with Gasteiger partial charge in [-0.2, -0.15) is 0 Å². The van der Waals surface area contributed by atoms with Crippen LogP contribution in [0.5, 0.6) is 0 Å². The molecule has 0 atom stereocenters. The first-order valence-electron chi connectivity index (χ1n) is 6.30. The van der Waals surface area contributed by atoms with Gasteiger partial charge in [-0.15, -0.1) is 0 Å². The van der Waals surface area contributed by atoms with Crippen LogP contribution in [0.25, 0.3) is 0 Å². The molecule has 16 heavy (non-hydrogen) atoms. The molecule has 0 aromatic heterocycles. The van der Waals surface area contributed by atoms with E-state index in [0.29, 0.717) is 12.7 Å². The van der Waals surface area contributed by atoms with Crippen LogP contribution in [-0.2, 0) is 14.2 Å². The molecule has 2 rings (SSSR count). The maximum absolute atomic E-state index is 5.83. The van der Waals surface area contributed by atoms with Gasteiger partial charge in [-0.05, 0) is 19.3 Å². The first-order valence-corrected chi connectivity index (χ1v) is 6.30. The zero-order chi connectivity index (χ0) is 11.4. The van der Waals surface area contributed by atoms with E-state index in [9.17, 15) is 0 Å². The average Bonchev–Trinajstić information content (AvgIpc) is 2.77. The minimum atomic E-state index is -0.262. The summed E-state index contributed by atoms with van der Waals surface area (Å²) in [6.07, 6.45) is 5.38. The van der Waals surface area contributed by atoms with E-state index in [1.165, 1.54) is 5.57 Å². The standard InChI is InChI=1S/C13H22O3/c1-3-11(2)10-14-12-4-6-13(7-5-12)15-8-9-16-13/h12H,2-10H2,1H3. The smallest absolute Gasteiger partial charge is 0.168 e. The monoisotopic (exact) mass is 226 g/mol. The molecule has 1 aliphatic carbocycles. The van der Waals surface area contributed by atoms with Crippen molar-refractivity contribution in [3.05, 3.63) is 12.2 Å². The Morgan fingerprint density at radius 2 is 1.94 bits per heavy atom. The van der Waals surface area contributed by atoms with Crippen molar-refractivity contribution in [1.82, 2.24) is 0 Å². The molecule has 2 fully saturated rings. The first kappa shape index (κ1) is 12.1. The number of hydrogen-bond acceptors (Lipinski definition) is 3. The zero-order valence-electron chi connectivity index (χ0n) is 10.2. The summed E-state index contributed by atoms with van der Waals surface area (Å²) in [5.41, 5.74) is 1.17. The Morgan fingerprint density at radius 3 is 2.50 bits per heavy atom. The molecule has 0 unspecified atom stereocenters. The van der Waals surface area contributed by atoms with Crippen LogP contribution >= 0.6 is 0 Å². The van der Waals surface area contributed by atoms with Gasteiger partial charge in [-0.1, -0.05) is 19.1 Å². The molecule has 0 radical (unpaired) electrons. The molecule has 0 amide bonds. The van der Waals surface area contributed by atoms with Gasteiger partial charge in [0.05, 0.1) is 25.9 Å². The fourth-order valence-corrected chi connectivity index (χ4v) is 2.32. The highest BCUT2D eigenvalue weighted by atomic mass is 16.7. The van der Waals surface area contributed by atoms with E-state index in [2.05, 4.69) is 13.5 Å². The van der Waals surface area contributed by atoms with Gasteiger partial charge in [-0.3, -0.25) is 0 Å². The molecule has 0 N–H and O–H groups in total. The van der Waals surface area contributed by atoms with E-state index in [0.717, 1.165) is 45.3 Å². The molecule has 92 valence electrons. The Hall–Kier alpha value is -0.380. The van der Waals surface area contributed by atoms with Gasteiger partial charge in [-0.25, -0.2) is 0 Å². The predicted octanol–water partition coefficient (Wildman–Crippen LogP) is 2.65. The fraction of sp³-hybridized carbons (Fsp3) is 0.846. The van der Waals surface area contributed by atoms with Gasteiger partial charge in [0.25, 0.3) is 0 Å². The second kappa shape index (κ2) is 5.30. The molecule has 0 aromatic carbocycles. The zero-order valence-corrected chi connectivity index (χ0v) is 10.2. The van der Waals surface area contributed by atoms with Gasteiger partial charge < -0.3 is 14.2 Å². The Morgan fingerprint density at radius 1 is 1.31 bits per heavy atom. The van der Waals surface area contributed by atoms with E-state index >= 15 is 0 Å². The Kier molecular flexibility index (Phi) is 4.00. The third-order valence-electron chi connectivity index (χ3n) is 3.53. The second-order valence-electron chi connectivity index (χ2n) is 4.72. The fourth-order valence-electron chi connectivity index (χ4n) is 2.32. The van der Waals surface area contributed by atoms with Crippen LogP contribution < -0.4 is 0 Å². The molecule has 3 heteroatoms. The van der Waals surface area contributed by atoms with E-state index in [1.807, 2.05) is 0 Å². The van der Waals surface area contributed by atoms with Crippen LogP contribution in [0.1, 0.15) is 39.0 Å². The van der Waals surface area contributed by atoms with Crippen LogP contribution in [0.15, 0.2) is 12.2 Å². The third-order valence-corrected chi connectivity index (χ3v) is 3.53. The summed E-state index contributed by atoms with van der Waals surface area (Å²) in [4.78, 5) is 0. The topological polar surface area (TPSA) is 27.7 Å². The minimum Gasteiger partial charge on any atom is -0.374 e. The molecule has 3 nitrogen and oxygen atoms in total. The summed E-state index contributed by atoms with van der Waals surface area (Å²) in [5.74, 6) is -0.262. The molecular weight excluding hydrogens is 204 g/mol. The van der Waals surface area contributed by atoms with Crippen molar-refractivity contribution in [3.8, 4) is 0 Å². The Bertz CT molecular complexity index is 234. The third kappa shape index (κ3) is 2.84. The minimum absolute atomic E-state index is 0.262. The lowest BCUT2D eigenvalue weighted by Gasteiger charge is -2.35. The first-order chi connectivity index (χ1) is 7.74. The van der Waals surface area contributed by atoms with Crippen molar-refractivity contribution in [3.63, 3.8) is 0 Å². The van der Waals surface area contributed by atoms with Gasteiger partial charge in [0.1, 0.15) is 0 Å². The van der Waals surface area contributed by atoms with Gasteiger partial charge >= 0.3 is 0 Å². The lowest BCUT2D eigenvalue weighted by atomic mass is 9.92. The van der Waals surface area contributed by atoms with E-state index < -0.39 is 0 Å². The maximum Gasteiger partial charge on any atom is 0.168 e. The van der Waals surface area contributed by atoms with Crippen molar-refractivity contribution in [2.24, 2.45) is 0 Å². The lowest BCUT2D eigenvalue weighted by Crippen LogP contribution is -2.37. The molecule has 0 bridgehead atoms. The van der Waals surface area contributed by atoms with E-state index in [4.69, 9.17) is 14.2 Å². The molecule has 1 heterocycles. The van der Waals surface area contributed by atoms with Crippen LogP contribution in [0.4, 0.5) is 0 Å². The molecule has 0 aromatic rings. The van der Waals surface area contributed by atoms with Crippen LogP contribution in [0.3, 0.4) is 0 Å². The summed E-state index contributed by atoms with van der Waals surface area (Å²) < 4.78 is 17.2. The summed E-state index contributed by atoms with van der Waals surface area (Å²) >= 11 is 0. The molecule has 1 saturated carbocycles. The number of ether oxygens (including phenoxy) is 3. The molecule has 1 saturated heterocycles. The van der Waals surface area contributed by atoms with E-state index in [-0.39, 0.29) is 5.79 Å². The van der Waals surface area contributed by atoms with Crippen LogP contribution in [0, 0.1) is 0 Å². The normalized spacial score (nSPS) is 25.1. The highest BCUT2D eigenvalue weighted by Gasteiger charge is 2.40. The van der Waals surface area contributed by atoms with Gasteiger partial charge in [0.2, 0.25) is 0 Å². The highest BCUT2D eigenvalue weighted by Crippen LogP contribution is 2.36. The molecule has 1 spiro atoms. The van der Waals surface area contributed by atoms with Crippen molar-refractivity contribution in [2.75, 3.05) is 19.8 Å². The summed E-state index contributed by atoms with van der Waals surface area (Å²) in [6.45, 7) is 8.27. The second-order valence-corrected chi connectivity index (χ2v) is 4.72. The van der Waals surface area contributed by atoms with E-state index in [1.54, 1.807) is 0 Å². The Balaban J connectivity index is 1.70. The highest BCUT2D eigenvalue weighted by molar-refractivity contribution is 4.93. The summed E-state index contributed by atoms with van der Waals surface area (Å²) in [5, 5.41) is 0. The van der Waals surface area contributed by atoms with Crippen molar-refractivity contribution in [2.45, 2.75) is 50.9 Å². The van der Waals surface area contributed by atoms with Crippen molar-refractivity contribution >= 4 is 0 Å².